The normalized spacial score (nSPS) is 16.2. The lowest BCUT2D eigenvalue weighted by molar-refractivity contribution is 0.0997. The summed E-state index contributed by atoms with van der Waals surface area (Å²) in [5, 5.41) is 0. The average molecular weight is 282 g/mol. The highest BCUT2D eigenvalue weighted by Gasteiger charge is 2.19. The summed E-state index contributed by atoms with van der Waals surface area (Å²) in [6.07, 6.45) is 7.83. The van der Waals surface area contributed by atoms with Crippen LogP contribution in [-0.2, 0) is 32.1 Å². The predicted octanol–water partition coefficient (Wildman–Crippen LogP) is 4.15. The Hall–Kier alpha value is -1.41. The first-order chi connectivity index (χ1) is 9.79. The molecule has 1 aromatic carbocycles. The number of Topliss-reactive ketones (excluding diaryl/α,β-unsaturated/α-hetero) is 1. The maximum absolute atomic E-state index is 12.4. The first kappa shape index (κ1) is 12.3. The number of ketones is 1. The lowest BCUT2D eigenvalue weighted by Gasteiger charge is -2.04. The van der Waals surface area contributed by atoms with Crippen molar-refractivity contribution in [3.05, 3.63) is 56.3 Å². The number of carbonyl (C=O) groups excluding carboxylic acids is 1. The molecule has 102 valence electrons. The number of aryl methyl sites for hydroxylation is 4. The van der Waals surface area contributed by atoms with E-state index in [9.17, 15) is 4.79 Å². The summed E-state index contributed by atoms with van der Waals surface area (Å²) in [5.41, 5.74) is 5.55. The lowest BCUT2D eigenvalue weighted by atomic mass is 10.0. The standard InChI is InChI=1S/C18H18OS/c19-16(18-11-15-5-2-6-17(15)20-18)10-12-7-8-13-3-1-4-14(13)9-12/h7-9,11H,1-6,10H2. The summed E-state index contributed by atoms with van der Waals surface area (Å²) in [4.78, 5) is 14.8. The number of benzene rings is 1. The highest BCUT2D eigenvalue weighted by Crippen LogP contribution is 2.31. The maximum atomic E-state index is 12.4. The molecule has 0 atom stereocenters. The molecule has 0 saturated carbocycles. The van der Waals surface area contributed by atoms with Gasteiger partial charge in [0.2, 0.25) is 0 Å². The molecule has 0 aliphatic heterocycles. The molecule has 0 saturated heterocycles. The molecule has 0 amide bonds. The highest BCUT2D eigenvalue weighted by molar-refractivity contribution is 7.14. The minimum Gasteiger partial charge on any atom is -0.293 e. The zero-order valence-corrected chi connectivity index (χ0v) is 12.4. The van der Waals surface area contributed by atoms with E-state index in [4.69, 9.17) is 0 Å². The van der Waals surface area contributed by atoms with Crippen LogP contribution >= 0.6 is 11.3 Å². The molecule has 1 aromatic heterocycles. The van der Waals surface area contributed by atoms with Crippen LogP contribution in [0.5, 0.6) is 0 Å². The van der Waals surface area contributed by atoms with Crippen molar-refractivity contribution in [2.45, 2.75) is 44.9 Å². The Bertz CT molecular complexity index is 659. The molecule has 2 aliphatic rings. The van der Waals surface area contributed by atoms with E-state index in [-0.39, 0.29) is 0 Å². The average Bonchev–Trinajstić information content (AvgIpc) is 3.12. The van der Waals surface area contributed by atoms with Gasteiger partial charge in [-0.2, -0.15) is 0 Å². The number of hydrogen-bond donors (Lipinski definition) is 0. The quantitative estimate of drug-likeness (QED) is 0.773. The Balaban J connectivity index is 1.54. The molecular weight excluding hydrogens is 264 g/mol. The molecule has 0 bridgehead atoms. The molecule has 4 rings (SSSR count). The van der Waals surface area contributed by atoms with Gasteiger partial charge >= 0.3 is 0 Å². The van der Waals surface area contributed by atoms with Gasteiger partial charge in [0.15, 0.2) is 5.78 Å². The van der Waals surface area contributed by atoms with Crippen LogP contribution in [0.1, 0.15) is 49.6 Å². The maximum Gasteiger partial charge on any atom is 0.177 e. The van der Waals surface area contributed by atoms with E-state index < -0.39 is 0 Å². The molecule has 2 aliphatic carbocycles. The van der Waals surface area contributed by atoms with E-state index in [1.54, 1.807) is 11.3 Å². The number of thiophene rings is 1. The van der Waals surface area contributed by atoms with Gasteiger partial charge in [-0.3, -0.25) is 4.79 Å². The molecule has 0 unspecified atom stereocenters. The summed E-state index contributed by atoms with van der Waals surface area (Å²) in [6.45, 7) is 0. The SMILES string of the molecule is O=C(Cc1ccc2c(c1)CCC2)c1cc2c(s1)CCC2. The third-order valence-electron chi connectivity index (χ3n) is 4.55. The van der Waals surface area contributed by atoms with E-state index in [2.05, 4.69) is 24.3 Å². The Morgan fingerprint density at radius 1 is 0.950 bits per heavy atom. The van der Waals surface area contributed by atoms with Gasteiger partial charge in [-0.1, -0.05) is 18.2 Å². The topological polar surface area (TPSA) is 17.1 Å². The fourth-order valence-electron chi connectivity index (χ4n) is 3.47. The van der Waals surface area contributed by atoms with Gasteiger partial charge in [-0.25, -0.2) is 0 Å². The van der Waals surface area contributed by atoms with Gasteiger partial charge in [-0.15, -0.1) is 11.3 Å². The number of fused-ring (bicyclic) bond motifs is 2. The Morgan fingerprint density at radius 2 is 1.75 bits per heavy atom. The second-order valence-corrected chi connectivity index (χ2v) is 7.11. The fourth-order valence-corrected chi connectivity index (χ4v) is 4.67. The van der Waals surface area contributed by atoms with Crippen molar-refractivity contribution >= 4 is 17.1 Å². The predicted molar refractivity (Wildman–Crippen MR) is 82.8 cm³/mol. The number of hydrogen-bond acceptors (Lipinski definition) is 2. The highest BCUT2D eigenvalue weighted by atomic mass is 32.1. The van der Waals surface area contributed by atoms with E-state index >= 15 is 0 Å². The van der Waals surface area contributed by atoms with Crippen molar-refractivity contribution in [2.75, 3.05) is 0 Å². The van der Waals surface area contributed by atoms with Crippen molar-refractivity contribution in [1.29, 1.82) is 0 Å². The number of carbonyl (C=O) groups is 1. The van der Waals surface area contributed by atoms with Gasteiger partial charge in [0.1, 0.15) is 0 Å². The van der Waals surface area contributed by atoms with Crippen LogP contribution in [0.2, 0.25) is 0 Å². The third-order valence-corrected chi connectivity index (χ3v) is 5.83. The first-order valence-electron chi connectivity index (χ1n) is 7.55. The van der Waals surface area contributed by atoms with Gasteiger partial charge in [0.05, 0.1) is 4.88 Å². The van der Waals surface area contributed by atoms with Crippen LogP contribution in [0, 0.1) is 0 Å². The van der Waals surface area contributed by atoms with Crippen LogP contribution in [0.4, 0.5) is 0 Å². The third kappa shape index (κ3) is 2.12. The molecule has 20 heavy (non-hydrogen) atoms. The first-order valence-corrected chi connectivity index (χ1v) is 8.37. The van der Waals surface area contributed by atoms with Crippen LogP contribution in [0.25, 0.3) is 0 Å². The Labute approximate surface area is 123 Å². The molecule has 0 fully saturated rings. The molecular formula is C18H18OS. The van der Waals surface area contributed by atoms with E-state index in [0.717, 1.165) is 11.3 Å². The summed E-state index contributed by atoms with van der Waals surface area (Å²) in [5.74, 6) is 0.294. The van der Waals surface area contributed by atoms with Crippen molar-refractivity contribution < 1.29 is 4.79 Å². The largest absolute Gasteiger partial charge is 0.293 e. The second-order valence-electron chi connectivity index (χ2n) is 5.97. The van der Waals surface area contributed by atoms with Crippen LogP contribution < -0.4 is 0 Å². The van der Waals surface area contributed by atoms with Gasteiger partial charge in [0, 0.05) is 11.3 Å². The zero-order chi connectivity index (χ0) is 13.5. The summed E-state index contributed by atoms with van der Waals surface area (Å²) < 4.78 is 0. The van der Waals surface area contributed by atoms with Crippen molar-refractivity contribution in [3.63, 3.8) is 0 Å². The van der Waals surface area contributed by atoms with E-state index in [0.29, 0.717) is 12.2 Å². The molecule has 1 heterocycles. The minimum atomic E-state index is 0.294. The second kappa shape index (κ2) is 4.85. The van der Waals surface area contributed by atoms with Crippen LogP contribution in [0.3, 0.4) is 0 Å². The fraction of sp³-hybridized carbons (Fsp3) is 0.389. The summed E-state index contributed by atoms with van der Waals surface area (Å²) in [6, 6.07) is 8.76. The van der Waals surface area contributed by atoms with Crippen molar-refractivity contribution in [3.8, 4) is 0 Å². The van der Waals surface area contributed by atoms with E-state index in [1.165, 1.54) is 59.2 Å². The molecule has 2 aromatic rings. The monoisotopic (exact) mass is 282 g/mol. The van der Waals surface area contributed by atoms with Crippen molar-refractivity contribution in [2.24, 2.45) is 0 Å². The van der Waals surface area contributed by atoms with Crippen LogP contribution in [0.15, 0.2) is 24.3 Å². The van der Waals surface area contributed by atoms with Gasteiger partial charge < -0.3 is 0 Å². The minimum absolute atomic E-state index is 0.294. The van der Waals surface area contributed by atoms with Gasteiger partial charge in [-0.05, 0) is 66.8 Å². The Kier molecular flexibility index (Phi) is 2.99. The molecule has 0 spiro atoms. The zero-order valence-electron chi connectivity index (χ0n) is 11.6. The smallest absolute Gasteiger partial charge is 0.177 e. The summed E-state index contributed by atoms with van der Waals surface area (Å²) >= 11 is 1.73. The summed E-state index contributed by atoms with van der Waals surface area (Å²) in [7, 11) is 0. The molecule has 1 nitrogen and oxygen atoms in total. The van der Waals surface area contributed by atoms with Gasteiger partial charge in [0.25, 0.3) is 0 Å². The van der Waals surface area contributed by atoms with Crippen LogP contribution in [-0.4, -0.2) is 5.78 Å². The molecule has 0 N–H and O–H groups in total. The Morgan fingerprint density at radius 3 is 2.65 bits per heavy atom. The number of rotatable bonds is 3. The molecule has 0 radical (unpaired) electrons. The van der Waals surface area contributed by atoms with E-state index in [1.807, 2.05) is 0 Å². The lowest BCUT2D eigenvalue weighted by Crippen LogP contribution is -2.02. The molecule has 2 heteroatoms. The van der Waals surface area contributed by atoms with Crippen molar-refractivity contribution in [1.82, 2.24) is 0 Å².